The lowest BCUT2D eigenvalue weighted by atomic mass is 10.1. The minimum atomic E-state index is 0.519. The molecule has 0 saturated heterocycles. The number of ether oxygens (including phenoxy) is 1. The van der Waals surface area contributed by atoms with Gasteiger partial charge in [-0.1, -0.05) is 25.5 Å². The molecular formula is C17H18N2O. The molecule has 0 heterocycles. The summed E-state index contributed by atoms with van der Waals surface area (Å²) in [6.45, 7) is 2.18. The molecule has 0 bridgehead atoms. The zero-order chi connectivity index (χ0) is 14.4. The molecule has 0 atom stereocenters. The Balaban J connectivity index is 2.12. The normalized spacial score (nSPS) is 10.0. The van der Waals surface area contributed by atoms with Crippen molar-refractivity contribution in [2.45, 2.75) is 26.2 Å². The van der Waals surface area contributed by atoms with E-state index in [0.717, 1.165) is 12.2 Å². The summed E-state index contributed by atoms with van der Waals surface area (Å²) in [7, 11) is 0. The van der Waals surface area contributed by atoms with Crippen LogP contribution in [0.3, 0.4) is 0 Å². The number of nitrogen functional groups attached to an aromatic ring is 1. The Morgan fingerprint density at radius 2 is 1.90 bits per heavy atom. The van der Waals surface area contributed by atoms with Crippen molar-refractivity contribution in [1.82, 2.24) is 0 Å². The van der Waals surface area contributed by atoms with Gasteiger partial charge < -0.3 is 10.5 Å². The highest BCUT2D eigenvalue weighted by Gasteiger charge is 2.04. The summed E-state index contributed by atoms with van der Waals surface area (Å²) in [6.07, 6.45) is 3.47. The highest BCUT2D eigenvalue weighted by atomic mass is 16.5. The van der Waals surface area contributed by atoms with Gasteiger partial charge in [0.25, 0.3) is 0 Å². The van der Waals surface area contributed by atoms with Crippen LogP contribution in [0.2, 0.25) is 0 Å². The van der Waals surface area contributed by atoms with Crippen molar-refractivity contribution < 1.29 is 4.74 Å². The van der Waals surface area contributed by atoms with Crippen LogP contribution in [0.5, 0.6) is 11.5 Å². The van der Waals surface area contributed by atoms with Crippen molar-refractivity contribution in [2.24, 2.45) is 0 Å². The van der Waals surface area contributed by atoms with E-state index >= 15 is 0 Å². The molecule has 3 heteroatoms. The van der Waals surface area contributed by atoms with E-state index in [9.17, 15) is 0 Å². The largest absolute Gasteiger partial charge is 0.455 e. The third kappa shape index (κ3) is 3.52. The second kappa shape index (κ2) is 6.63. The van der Waals surface area contributed by atoms with Gasteiger partial charge in [-0.15, -0.1) is 0 Å². The molecule has 0 unspecified atom stereocenters. The van der Waals surface area contributed by atoms with Crippen molar-refractivity contribution in [3.05, 3.63) is 53.6 Å². The molecule has 0 radical (unpaired) electrons. The Morgan fingerprint density at radius 1 is 1.15 bits per heavy atom. The Hall–Kier alpha value is -2.47. The van der Waals surface area contributed by atoms with Crippen LogP contribution in [-0.4, -0.2) is 0 Å². The molecule has 0 aliphatic carbocycles. The van der Waals surface area contributed by atoms with Gasteiger partial charge in [-0.3, -0.25) is 0 Å². The number of nitriles is 1. The van der Waals surface area contributed by atoms with Crippen LogP contribution in [0.1, 0.15) is 30.9 Å². The van der Waals surface area contributed by atoms with E-state index in [-0.39, 0.29) is 0 Å². The molecule has 2 aromatic carbocycles. The summed E-state index contributed by atoms with van der Waals surface area (Å²) >= 11 is 0. The molecule has 2 aromatic rings. The molecule has 0 spiro atoms. The van der Waals surface area contributed by atoms with Crippen molar-refractivity contribution >= 4 is 5.69 Å². The maximum absolute atomic E-state index is 8.89. The van der Waals surface area contributed by atoms with E-state index < -0.39 is 0 Å². The van der Waals surface area contributed by atoms with Gasteiger partial charge in [0.1, 0.15) is 5.75 Å². The third-order valence-corrected chi connectivity index (χ3v) is 3.11. The van der Waals surface area contributed by atoms with Crippen LogP contribution in [-0.2, 0) is 6.42 Å². The van der Waals surface area contributed by atoms with Gasteiger partial charge in [0.15, 0.2) is 5.75 Å². The summed E-state index contributed by atoms with van der Waals surface area (Å²) < 4.78 is 5.73. The molecule has 2 rings (SSSR count). The van der Waals surface area contributed by atoms with Crippen molar-refractivity contribution in [2.75, 3.05) is 5.73 Å². The number of benzene rings is 2. The average molecular weight is 266 g/mol. The van der Waals surface area contributed by atoms with Crippen molar-refractivity contribution in [1.29, 1.82) is 5.26 Å². The summed E-state index contributed by atoms with van der Waals surface area (Å²) in [5.41, 5.74) is 8.22. The fraction of sp³-hybridized carbons (Fsp3) is 0.235. The number of hydrogen-bond acceptors (Lipinski definition) is 3. The molecule has 0 amide bonds. The van der Waals surface area contributed by atoms with E-state index in [1.807, 2.05) is 12.1 Å². The van der Waals surface area contributed by atoms with Crippen LogP contribution in [0, 0.1) is 11.3 Å². The molecule has 0 fully saturated rings. The van der Waals surface area contributed by atoms with Gasteiger partial charge in [0.2, 0.25) is 0 Å². The third-order valence-electron chi connectivity index (χ3n) is 3.11. The van der Waals surface area contributed by atoms with Crippen LogP contribution in [0.4, 0.5) is 5.69 Å². The minimum Gasteiger partial charge on any atom is -0.455 e. The molecule has 102 valence electrons. The van der Waals surface area contributed by atoms with Gasteiger partial charge in [-0.25, -0.2) is 0 Å². The molecular weight excluding hydrogens is 248 g/mol. The van der Waals surface area contributed by atoms with E-state index in [1.54, 1.807) is 18.2 Å². The molecule has 0 aromatic heterocycles. The molecule has 3 nitrogen and oxygen atoms in total. The number of rotatable bonds is 5. The maximum atomic E-state index is 8.89. The summed E-state index contributed by atoms with van der Waals surface area (Å²) in [5, 5.41) is 8.89. The van der Waals surface area contributed by atoms with E-state index in [0.29, 0.717) is 17.0 Å². The first-order chi connectivity index (χ1) is 9.72. The molecule has 20 heavy (non-hydrogen) atoms. The predicted octanol–water partition coefficient (Wildman–Crippen LogP) is 4.28. The molecule has 0 saturated carbocycles. The Bertz CT molecular complexity index is 612. The fourth-order valence-electron chi connectivity index (χ4n) is 1.92. The minimum absolute atomic E-state index is 0.519. The van der Waals surface area contributed by atoms with Crippen LogP contribution in [0.25, 0.3) is 0 Å². The molecule has 0 aliphatic rings. The number of anilines is 1. The quantitative estimate of drug-likeness (QED) is 0.822. The van der Waals surface area contributed by atoms with Gasteiger partial charge in [0.05, 0.1) is 17.3 Å². The highest BCUT2D eigenvalue weighted by molar-refractivity contribution is 5.57. The van der Waals surface area contributed by atoms with Crippen LogP contribution < -0.4 is 10.5 Å². The lowest BCUT2D eigenvalue weighted by Crippen LogP contribution is -1.93. The van der Waals surface area contributed by atoms with Gasteiger partial charge in [-0.05, 0) is 42.7 Å². The van der Waals surface area contributed by atoms with E-state index in [1.165, 1.54) is 18.4 Å². The Labute approximate surface area is 119 Å². The SMILES string of the molecule is CCCCc1ccc(Oc2cc(C#N)ccc2N)cc1. The lowest BCUT2D eigenvalue weighted by molar-refractivity contribution is 0.484. The number of nitrogens with two attached hydrogens (primary N) is 1. The zero-order valence-electron chi connectivity index (χ0n) is 11.6. The van der Waals surface area contributed by atoms with Gasteiger partial charge in [0, 0.05) is 6.07 Å². The number of aryl methyl sites for hydroxylation is 1. The summed E-state index contributed by atoms with van der Waals surface area (Å²) in [4.78, 5) is 0. The molecule has 0 aliphatic heterocycles. The van der Waals surface area contributed by atoms with E-state index in [2.05, 4.69) is 25.1 Å². The van der Waals surface area contributed by atoms with Gasteiger partial charge in [-0.2, -0.15) is 5.26 Å². The first-order valence-electron chi connectivity index (χ1n) is 6.79. The van der Waals surface area contributed by atoms with Crippen LogP contribution in [0.15, 0.2) is 42.5 Å². The Morgan fingerprint density at radius 3 is 2.55 bits per heavy atom. The molecule has 2 N–H and O–H groups in total. The monoisotopic (exact) mass is 266 g/mol. The zero-order valence-corrected chi connectivity index (χ0v) is 11.6. The van der Waals surface area contributed by atoms with Crippen molar-refractivity contribution in [3.8, 4) is 17.6 Å². The highest BCUT2D eigenvalue weighted by Crippen LogP contribution is 2.28. The summed E-state index contributed by atoms with van der Waals surface area (Å²) in [6, 6.07) is 15.1. The lowest BCUT2D eigenvalue weighted by Gasteiger charge is -2.09. The van der Waals surface area contributed by atoms with E-state index in [4.69, 9.17) is 15.7 Å². The fourth-order valence-corrected chi connectivity index (χ4v) is 1.92. The number of hydrogen-bond donors (Lipinski definition) is 1. The predicted molar refractivity (Wildman–Crippen MR) is 80.7 cm³/mol. The van der Waals surface area contributed by atoms with Gasteiger partial charge >= 0.3 is 0 Å². The first kappa shape index (κ1) is 14.0. The second-order valence-corrected chi connectivity index (χ2v) is 4.71. The Kier molecular flexibility index (Phi) is 4.62. The topological polar surface area (TPSA) is 59.0 Å². The smallest absolute Gasteiger partial charge is 0.151 e. The maximum Gasteiger partial charge on any atom is 0.151 e. The standard InChI is InChI=1S/C17H18N2O/c1-2-3-4-13-5-8-15(9-6-13)20-17-11-14(12-18)7-10-16(17)19/h5-11H,2-4,19H2,1H3. The second-order valence-electron chi connectivity index (χ2n) is 4.71. The number of nitrogens with zero attached hydrogens (tertiary/aromatic N) is 1. The number of unbranched alkanes of at least 4 members (excludes halogenated alkanes) is 1. The first-order valence-corrected chi connectivity index (χ1v) is 6.79. The van der Waals surface area contributed by atoms with Crippen molar-refractivity contribution in [3.63, 3.8) is 0 Å². The van der Waals surface area contributed by atoms with Crippen LogP contribution >= 0.6 is 0 Å². The summed E-state index contributed by atoms with van der Waals surface area (Å²) in [5.74, 6) is 1.25. The average Bonchev–Trinajstić information content (AvgIpc) is 2.49.